The highest BCUT2D eigenvalue weighted by Crippen LogP contribution is 2.28. The monoisotopic (exact) mass is 514 g/mol. The normalized spacial score (nSPS) is 14.5. The topological polar surface area (TPSA) is 138 Å². The molecule has 1 aromatic carbocycles. The molecule has 0 bridgehead atoms. The number of likely N-dealkylation sites (tertiary alicyclic amines) is 1. The summed E-state index contributed by atoms with van der Waals surface area (Å²) in [7, 11) is 0. The van der Waals surface area contributed by atoms with E-state index in [1.807, 2.05) is 20.8 Å². The van der Waals surface area contributed by atoms with Crippen LogP contribution in [0.2, 0.25) is 5.02 Å². The fourth-order valence-electron chi connectivity index (χ4n) is 4.04. The molecular weight excluding hydrogens is 488 g/mol. The van der Waals surface area contributed by atoms with Crippen molar-refractivity contribution in [2.24, 2.45) is 0 Å². The molecule has 0 saturated carbocycles. The molecule has 1 aliphatic heterocycles. The molecule has 0 unspecified atom stereocenters. The van der Waals surface area contributed by atoms with Gasteiger partial charge in [-0.05, 0) is 51.8 Å². The molecule has 1 aliphatic rings. The van der Waals surface area contributed by atoms with Gasteiger partial charge in [-0.15, -0.1) is 0 Å². The van der Waals surface area contributed by atoms with E-state index in [4.69, 9.17) is 16.3 Å². The maximum absolute atomic E-state index is 12.8. The number of nitrogens with zero attached hydrogens (tertiary/aromatic N) is 3. The van der Waals surface area contributed by atoms with Crippen molar-refractivity contribution in [3.8, 4) is 0 Å². The number of fused-ring (bicyclic) bond motifs is 1. The number of halogens is 1. The largest absolute Gasteiger partial charge is 0.444 e. The first kappa shape index (κ1) is 25.2. The maximum atomic E-state index is 12.8. The maximum Gasteiger partial charge on any atom is 0.410 e. The Kier molecular flexibility index (Phi) is 7.02. The lowest BCUT2D eigenvalue weighted by Gasteiger charge is -2.33. The second-order valence-electron chi connectivity index (χ2n) is 9.54. The summed E-state index contributed by atoms with van der Waals surface area (Å²) < 4.78 is 6.96. The molecule has 1 fully saturated rings. The van der Waals surface area contributed by atoms with Crippen molar-refractivity contribution in [1.29, 1.82) is 0 Å². The summed E-state index contributed by atoms with van der Waals surface area (Å²) in [5.41, 5.74) is 4.91. The van der Waals surface area contributed by atoms with Crippen molar-refractivity contribution in [3.05, 3.63) is 68.7 Å². The number of rotatable bonds is 3. The lowest BCUT2D eigenvalue weighted by molar-refractivity contribution is 0.0203. The number of ether oxygens (including phenoxy) is 1. The minimum Gasteiger partial charge on any atom is -0.444 e. The second kappa shape index (κ2) is 10.0. The highest BCUT2D eigenvalue weighted by molar-refractivity contribution is 6.31. The lowest BCUT2D eigenvalue weighted by Crippen LogP contribution is -2.42. The van der Waals surface area contributed by atoms with Crippen molar-refractivity contribution in [2.45, 2.75) is 45.1 Å². The number of aromatic amines is 1. The molecule has 36 heavy (non-hydrogen) atoms. The van der Waals surface area contributed by atoms with Crippen LogP contribution in [0.25, 0.3) is 5.65 Å². The minimum absolute atomic E-state index is 0.0492. The number of amides is 3. The number of hydrogen-bond donors (Lipinski definition) is 3. The smallest absolute Gasteiger partial charge is 0.410 e. The standard InChI is InChI=1S/C24H27ClN6O5/c1-24(2,3)36-23(35)30-9-7-14(8-10-30)18-12-19(32)27-20-17(13-26-31(18)20)22(34)29-28-21(33)15-5-4-6-16(25)11-15/h4-6,11-14H,7-10H2,1-3H3,(H,27,32)(H,28,33)(H,29,34). The van der Waals surface area contributed by atoms with Crippen molar-refractivity contribution < 1.29 is 19.1 Å². The first-order valence-corrected chi connectivity index (χ1v) is 11.8. The van der Waals surface area contributed by atoms with Crippen LogP contribution in [-0.2, 0) is 4.74 Å². The molecule has 4 rings (SSSR count). The third-order valence-corrected chi connectivity index (χ3v) is 5.96. The van der Waals surface area contributed by atoms with Gasteiger partial charge in [-0.3, -0.25) is 25.2 Å². The number of H-pyrrole nitrogens is 1. The van der Waals surface area contributed by atoms with Crippen LogP contribution in [0, 0.1) is 0 Å². The van der Waals surface area contributed by atoms with Crippen LogP contribution in [0.15, 0.2) is 41.3 Å². The van der Waals surface area contributed by atoms with E-state index in [2.05, 4.69) is 20.9 Å². The predicted molar refractivity (Wildman–Crippen MR) is 132 cm³/mol. The van der Waals surface area contributed by atoms with Gasteiger partial charge in [0.05, 0.1) is 11.9 Å². The van der Waals surface area contributed by atoms with E-state index in [-0.39, 0.29) is 34.3 Å². The third-order valence-electron chi connectivity index (χ3n) is 5.72. The zero-order valence-corrected chi connectivity index (χ0v) is 20.9. The van der Waals surface area contributed by atoms with Crippen LogP contribution in [0.3, 0.4) is 0 Å². The molecule has 1 saturated heterocycles. The molecule has 0 radical (unpaired) electrons. The first-order valence-electron chi connectivity index (χ1n) is 11.5. The van der Waals surface area contributed by atoms with E-state index in [1.165, 1.54) is 22.8 Å². The Bertz CT molecular complexity index is 1370. The molecule has 0 atom stereocenters. The summed E-state index contributed by atoms with van der Waals surface area (Å²) in [6, 6.07) is 7.73. The Morgan fingerprint density at radius 3 is 2.47 bits per heavy atom. The van der Waals surface area contributed by atoms with Gasteiger partial charge >= 0.3 is 6.09 Å². The molecule has 190 valence electrons. The summed E-state index contributed by atoms with van der Waals surface area (Å²) in [6.07, 6.45) is 2.17. The zero-order chi connectivity index (χ0) is 26.0. The van der Waals surface area contributed by atoms with Crippen LogP contribution in [0.4, 0.5) is 4.79 Å². The number of carbonyl (C=O) groups excluding carboxylic acids is 3. The zero-order valence-electron chi connectivity index (χ0n) is 20.1. The summed E-state index contributed by atoms with van der Waals surface area (Å²) in [5, 5.41) is 4.69. The van der Waals surface area contributed by atoms with Crippen LogP contribution < -0.4 is 16.4 Å². The number of hydrazine groups is 1. The molecule has 12 heteroatoms. The van der Waals surface area contributed by atoms with Crippen molar-refractivity contribution in [2.75, 3.05) is 13.1 Å². The van der Waals surface area contributed by atoms with Gasteiger partial charge < -0.3 is 14.6 Å². The van der Waals surface area contributed by atoms with E-state index >= 15 is 0 Å². The third kappa shape index (κ3) is 5.68. The van der Waals surface area contributed by atoms with Gasteiger partial charge in [0.2, 0.25) is 0 Å². The molecule has 3 heterocycles. The van der Waals surface area contributed by atoms with Gasteiger partial charge in [-0.1, -0.05) is 17.7 Å². The molecule has 11 nitrogen and oxygen atoms in total. The van der Waals surface area contributed by atoms with Gasteiger partial charge in [0.1, 0.15) is 16.8 Å². The lowest BCUT2D eigenvalue weighted by atomic mass is 9.93. The van der Waals surface area contributed by atoms with Gasteiger partial charge in [0.15, 0.2) is 0 Å². The number of carbonyl (C=O) groups is 3. The van der Waals surface area contributed by atoms with Crippen LogP contribution in [0.5, 0.6) is 0 Å². The summed E-state index contributed by atoms with van der Waals surface area (Å²) >= 11 is 5.90. The van der Waals surface area contributed by atoms with Gasteiger partial charge in [0, 0.05) is 35.7 Å². The summed E-state index contributed by atoms with van der Waals surface area (Å²) in [4.78, 5) is 54.2. The summed E-state index contributed by atoms with van der Waals surface area (Å²) in [5.74, 6) is -1.24. The van der Waals surface area contributed by atoms with Gasteiger partial charge in [0.25, 0.3) is 17.4 Å². The van der Waals surface area contributed by atoms with Gasteiger partial charge in [-0.25, -0.2) is 9.31 Å². The molecule has 0 aliphatic carbocycles. The average Bonchev–Trinajstić information content (AvgIpc) is 3.24. The molecule has 3 amide bonds. The van der Waals surface area contributed by atoms with Crippen LogP contribution >= 0.6 is 11.6 Å². The quantitative estimate of drug-likeness (QED) is 0.459. The van der Waals surface area contributed by atoms with E-state index in [9.17, 15) is 19.2 Å². The Morgan fingerprint density at radius 2 is 1.81 bits per heavy atom. The highest BCUT2D eigenvalue weighted by Gasteiger charge is 2.29. The molecule has 3 N–H and O–H groups in total. The fourth-order valence-corrected chi connectivity index (χ4v) is 4.23. The Hall–Kier alpha value is -3.86. The average molecular weight is 515 g/mol. The number of piperidine rings is 1. The van der Waals surface area contributed by atoms with Gasteiger partial charge in [-0.2, -0.15) is 5.10 Å². The Labute approximate surface area is 211 Å². The number of nitrogens with one attached hydrogen (secondary N) is 3. The SMILES string of the molecule is CC(C)(C)OC(=O)N1CCC(c2cc(=O)[nH]c3c(C(=O)NNC(=O)c4cccc(Cl)c4)cnn23)CC1. The van der Waals surface area contributed by atoms with E-state index < -0.39 is 17.4 Å². The van der Waals surface area contributed by atoms with Crippen molar-refractivity contribution in [1.82, 2.24) is 30.3 Å². The van der Waals surface area contributed by atoms with E-state index in [0.717, 1.165) is 0 Å². The van der Waals surface area contributed by atoms with Crippen molar-refractivity contribution in [3.63, 3.8) is 0 Å². The van der Waals surface area contributed by atoms with E-state index in [1.54, 1.807) is 23.1 Å². The predicted octanol–water partition coefficient (Wildman–Crippen LogP) is 2.87. The molecular formula is C24H27ClN6O5. The van der Waals surface area contributed by atoms with Crippen LogP contribution in [-0.4, -0.2) is 56.1 Å². The first-order chi connectivity index (χ1) is 17.0. The van der Waals surface area contributed by atoms with Crippen molar-refractivity contribution >= 4 is 35.2 Å². The Morgan fingerprint density at radius 1 is 1.11 bits per heavy atom. The number of aromatic nitrogens is 3. The summed E-state index contributed by atoms with van der Waals surface area (Å²) in [6.45, 7) is 6.40. The Balaban J connectivity index is 1.47. The van der Waals surface area contributed by atoms with E-state index in [0.29, 0.717) is 36.6 Å². The minimum atomic E-state index is -0.645. The van der Waals surface area contributed by atoms with Crippen LogP contribution in [0.1, 0.15) is 65.9 Å². The molecule has 0 spiro atoms. The number of benzene rings is 1. The highest BCUT2D eigenvalue weighted by atomic mass is 35.5. The fraction of sp³-hybridized carbons (Fsp3) is 0.375. The molecule has 2 aromatic heterocycles. The number of hydrogen-bond acceptors (Lipinski definition) is 6. The molecule has 3 aromatic rings. The second-order valence-corrected chi connectivity index (χ2v) is 9.97.